The van der Waals surface area contributed by atoms with Crippen LogP contribution in [0.1, 0.15) is 18.4 Å². The Bertz CT molecular complexity index is 575. The topological polar surface area (TPSA) is 78.7 Å². The molecule has 3 N–H and O–H groups in total. The normalized spacial score (nSPS) is 22.7. The van der Waals surface area contributed by atoms with Crippen LogP contribution in [0.15, 0.2) is 24.3 Å². The fourth-order valence-electron chi connectivity index (χ4n) is 3.05. The second-order valence-electron chi connectivity index (χ2n) is 5.71. The smallest absolute Gasteiger partial charge is 0.317 e. The van der Waals surface area contributed by atoms with E-state index in [2.05, 4.69) is 5.32 Å². The molecule has 6 nitrogen and oxygen atoms in total. The molecule has 2 atom stereocenters. The van der Waals surface area contributed by atoms with E-state index in [1.807, 2.05) is 41.0 Å². The van der Waals surface area contributed by atoms with Crippen LogP contribution in [0.4, 0.5) is 10.5 Å². The highest BCUT2D eigenvalue weighted by Crippen LogP contribution is 2.22. The summed E-state index contributed by atoms with van der Waals surface area (Å²) in [6.45, 7) is 4.32. The maximum absolute atomic E-state index is 12.6. The highest BCUT2D eigenvalue weighted by atomic mass is 16.2. The van der Waals surface area contributed by atoms with E-state index in [0.717, 1.165) is 5.56 Å². The third-order valence-electron chi connectivity index (χ3n) is 4.33. The quantitative estimate of drug-likeness (QED) is 0.783. The highest BCUT2D eigenvalue weighted by molar-refractivity contribution is 5.84. The van der Waals surface area contributed by atoms with Gasteiger partial charge in [-0.05, 0) is 24.6 Å². The van der Waals surface area contributed by atoms with Gasteiger partial charge in [0.2, 0.25) is 5.91 Å². The van der Waals surface area contributed by atoms with Gasteiger partial charge in [0.15, 0.2) is 0 Å². The Morgan fingerprint density at radius 3 is 3.00 bits per heavy atom. The lowest BCUT2D eigenvalue weighted by Crippen LogP contribution is -2.54. The van der Waals surface area contributed by atoms with Gasteiger partial charge >= 0.3 is 6.03 Å². The largest absolute Gasteiger partial charge is 0.399 e. The van der Waals surface area contributed by atoms with Crippen LogP contribution in [0, 0.1) is 0 Å². The van der Waals surface area contributed by atoms with E-state index in [4.69, 9.17) is 5.73 Å². The van der Waals surface area contributed by atoms with Crippen LogP contribution >= 0.6 is 0 Å². The molecule has 2 aliphatic rings. The van der Waals surface area contributed by atoms with E-state index in [9.17, 15) is 9.59 Å². The summed E-state index contributed by atoms with van der Waals surface area (Å²) in [5.74, 6) is -0.121. The van der Waals surface area contributed by atoms with Gasteiger partial charge < -0.3 is 20.9 Å². The van der Waals surface area contributed by atoms with Gasteiger partial charge in [0, 0.05) is 31.9 Å². The predicted octanol–water partition coefficient (Wildman–Crippen LogP) is 0.608. The number of fused-ring (bicyclic) bond motifs is 1. The number of urea groups is 1. The molecular formula is C15H20N4O2. The van der Waals surface area contributed by atoms with Crippen molar-refractivity contribution in [1.29, 1.82) is 0 Å². The molecule has 2 saturated heterocycles. The molecule has 21 heavy (non-hydrogen) atoms. The summed E-state index contributed by atoms with van der Waals surface area (Å²) >= 11 is 0. The van der Waals surface area contributed by atoms with Crippen molar-refractivity contribution in [2.45, 2.75) is 18.9 Å². The van der Waals surface area contributed by atoms with E-state index in [1.54, 1.807) is 0 Å². The van der Waals surface area contributed by atoms with Crippen molar-refractivity contribution in [3.8, 4) is 0 Å². The van der Waals surface area contributed by atoms with E-state index in [1.165, 1.54) is 0 Å². The number of amides is 3. The number of piperazine rings is 1. The van der Waals surface area contributed by atoms with Gasteiger partial charge in [-0.15, -0.1) is 0 Å². The van der Waals surface area contributed by atoms with Gasteiger partial charge in [-0.25, -0.2) is 4.79 Å². The van der Waals surface area contributed by atoms with E-state index < -0.39 is 0 Å². The van der Waals surface area contributed by atoms with E-state index in [-0.39, 0.29) is 23.9 Å². The number of benzene rings is 1. The minimum atomic E-state index is -0.217. The first kappa shape index (κ1) is 13.7. The summed E-state index contributed by atoms with van der Waals surface area (Å²) in [7, 11) is 0. The molecule has 3 rings (SSSR count). The summed E-state index contributed by atoms with van der Waals surface area (Å²) in [5, 5.41) is 2.82. The second-order valence-corrected chi connectivity index (χ2v) is 5.71. The van der Waals surface area contributed by atoms with Crippen molar-refractivity contribution in [1.82, 2.24) is 15.1 Å². The molecule has 0 saturated carbocycles. The molecule has 2 unspecified atom stereocenters. The van der Waals surface area contributed by atoms with E-state index >= 15 is 0 Å². The Hall–Kier alpha value is -2.24. The first-order valence-electron chi connectivity index (χ1n) is 7.25. The molecule has 0 aliphatic carbocycles. The molecule has 1 aromatic carbocycles. The van der Waals surface area contributed by atoms with Crippen LogP contribution in [0.2, 0.25) is 0 Å². The summed E-state index contributed by atoms with van der Waals surface area (Å²) < 4.78 is 0. The number of rotatable bonds is 2. The van der Waals surface area contributed by atoms with Gasteiger partial charge in [-0.1, -0.05) is 12.1 Å². The molecule has 2 heterocycles. The Kier molecular flexibility index (Phi) is 3.45. The molecule has 2 fully saturated rings. The Morgan fingerprint density at radius 1 is 1.43 bits per heavy atom. The van der Waals surface area contributed by atoms with Crippen LogP contribution in [-0.4, -0.2) is 54.0 Å². The van der Waals surface area contributed by atoms with Crippen molar-refractivity contribution in [2.75, 3.05) is 31.9 Å². The standard InChI is InChI=1S/C15H20N4O2/c1-10(11-3-2-4-12(16)7-11)14(20)18-5-6-19-13(9-18)8-17-15(19)21/h2-4,7,10,13H,5-6,8-9,16H2,1H3,(H,17,21). The molecule has 112 valence electrons. The van der Waals surface area contributed by atoms with Crippen LogP contribution in [0.5, 0.6) is 0 Å². The molecule has 3 amide bonds. The van der Waals surface area contributed by atoms with Crippen molar-refractivity contribution in [2.24, 2.45) is 0 Å². The fourth-order valence-corrected chi connectivity index (χ4v) is 3.05. The molecule has 6 heteroatoms. The molecular weight excluding hydrogens is 268 g/mol. The highest BCUT2D eigenvalue weighted by Gasteiger charge is 2.37. The number of anilines is 1. The average Bonchev–Trinajstić information content (AvgIpc) is 2.86. The number of carbonyl (C=O) groups excluding carboxylic acids is 2. The minimum absolute atomic E-state index is 0.0176. The van der Waals surface area contributed by atoms with Gasteiger partial charge in [-0.3, -0.25) is 4.79 Å². The van der Waals surface area contributed by atoms with Gasteiger partial charge in [0.25, 0.3) is 0 Å². The number of nitrogens with two attached hydrogens (primary N) is 1. The Morgan fingerprint density at radius 2 is 2.24 bits per heavy atom. The molecule has 0 bridgehead atoms. The Balaban J connectivity index is 1.70. The number of nitrogens with one attached hydrogen (secondary N) is 1. The third kappa shape index (κ3) is 2.53. The molecule has 0 radical (unpaired) electrons. The number of hydrogen-bond acceptors (Lipinski definition) is 3. The number of nitrogen functional groups attached to an aromatic ring is 1. The van der Waals surface area contributed by atoms with Crippen LogP contribution in [0.25, 0.3) is 0 Å². The maximum Gasteiger partial charge on any atom is 0.317 e. The van der Waals surface area contributed by atoms with Gasteiger partial charge in [0.05, 0.1) is 12.0 Å². The van der Waals surface area contributed by atoms with Gasteiger partial charge in [0.1, 0.15) is 0 Å². The molecule has 0 spiro atoms. The van der Waals surface area contributed by atoms with Crippen LogP contribution in [0.3, 0.4) is 0 Å². The van der Waals surface area contributed by atoms with Crippen molar-refractivity contribution in [3.63, 3.8) is 0 Å². The van der Waals surface area contributed by atoms with Crippen LogP contribution < -0.4 is 11.1 Å². The molecule has 1 aromatic rings. The monoisotopic (exact) mass is 288 g/mol. The number of carbonyl (C=O) groups is 2. The van der Waals surface area contributed by atoms with Crippen molar-refractivity contribution >= 4 is 17.6 Å². The lowest BCUT2D eigenvalue weighted by atomic mass is 9.98. The predicted molar refractivity (Wildman–Crippen MR) is 79.7 cm³/mol. The SMILES string of the molecule is CC(C(=O)N1CCN2C(=O)NCC2C1)c1cccc(N)c1. The zero-order valence-corrected chi connectivity index (χ0v) is 12.1. The van der Waals surface area contributed by atoms with Crippen LogP contribution in [-0.2, 0) is 4.79 Å². The maximum atomic E-state index is 12.6. The number of hydrogen-bond donors (Lipinski definition) is 2. The first-order chi connectivity index (χ1) is 10.1. The third-order valence-corrected chi connectivity index (χ3v) is 4.33. The first-order valence-corrected chi connectivity index (χ1v) is 7.25. The lowest BCUT2D eigenvalue weighted by Gasteiger charge is -2.37. The average molecular weight is 288 g/mol. The van der Waals surface area contributed by atoms with Crippen molar-refractivity contribution < 1.29 is 9.59 Å². The fraction of sp³-hybridized carbons (Fsp3) is 0.467. The summed E-state index contributed by atoms with van der Waals surface area (Å²) in [4.78, 5) is 27.9. The van der Waals surface area contributed by atoms with Crippen molar-refractivity contribution in [3.05, 3.63) is 29.8 Å². The van der Waals surface area contributed by atoms with E-state index in [0.29, 0.717) is 31.9 Å². The Labute approximate surface area is 123 Å². The lowest BCUT2D eigenvalue weighted by molar-refractivity contribution is -0.134. The zero-order valence-electron chi connectivity index (χ0n) is 12.1. The molecule has 2 aliphatic heterocycles. The minimum Gasteiger partial charge on any atom is -0.399 e. The second kappa shape index (κ2) is 5.27. The van der Waals surface area contributed by atoms with Gasteiger partial charge in [-0.2, -0.15) is 0 Å². The molecule has 0 aromatic heterocycles. The summed E-state index contributed by atoms with van der Waals surface area (Å²) in [6, 6.07) is 7.54. The summed E-state index contributed by atoms with van der Waals surface area (Å²) in [6.07, 6.45) is 0. The number of nitrogens with zero attached hydrogens (tertiary/aromatic N) is 2. The zero-order chi connectivity index (χ0) is 15.0. The summed E-state index contributed by atoms with van der Waals surface area (Å²) in [5.41, 5.74) is 7.39.